The summed E-state index contributed by atoms with van der Waals surface area (Å²) in [6, 6.07) is 5.58. The van der Waals surface area contributed by atoms with Gasteiger partial charge in [-0.25, -0.2) is 0 Å². The molecule has 5 nitrogen and oxygen atoms in total. The summed E-state index contributed by atoms with van der Waals surface area (Å²) in [4.78, 5) is 12.2. The molecule has 0 fully saturated rings. The molecule has 1 aliphatic rings. The number of ether oxygens (including phenoxy) is 2. The number of amides is 1. The summed E-state index contributed by atoms with van der Waals surface area (Å²) in [6.45, 7) is 4.36. The molecule has 1 aliphatic heterocycles. The molecule has 1 aromatic rings. The molecule has 3 N–H and O–H groups in total. The fraction of sp³-hybridized carbons (Fsp3) is 0.400. The number of nitrogens with two attached hydrogens (primary N) is 1. The average Bonchev–Trinajstić information content (AvgIpc) is 2.45. The van der Waals surface area contributed by atoms with Crippen molar-refractivity contribution in [1.29, 1.82) is 0 Å². The molecule has 21 heavy (non-hydrogen) atoms. The van der Waals surface area contributed by atoms with Gasteiger partial charge in [-0.1, -0.05) is 12.1 Å². The van der Waals surface area contributed by atoms with Gasteiger partial charge in [-0.05, 0) is 26.0 Å². The monoisotopic (exact) mass is 312 g/mol. The van der Waals surface area contributed by atoms with Crippen LogP contribution in [0.25, 0.3) is 6.08 Å². The number of para-hydroxylation sites is 1. The van der Waals surface area contributed by atoms with Gasteiger partial charge in [0.25, 0.3) is 5.91 Å². The quantitative estimate of drug-likeness (QED) is 0.888. The van der Waals surface area contributed by atoms with Crippen LogP contribution in [0.3, 0.4) is 0 Å². The van der Waals surface area contributed by atoms with Crippen LogP contribution >= 0.6 is 12.4 Å². The van der Waals surface area contributed by atoms with Crippen molar-refractivity contribution in [3.8, 4) is 11.5 Å². The maximum atomic E-state index is 12.2. The Hall–Kier alpha value is -1.72. The van der Waals surface area contributed by atoms with E-state index in [-0.39, 0.29) is 24.9 Å². The second kappa shape index (κ2) is 6.83. The summed E-state index contributed by atoms with van der Waals surface area (Å²) in [5.41, 5.74) is 6.59. The third-order valence-electron chi connectivity index (χ3n) is 3.18. The topological polar surface area (TPSA) is 73.6 Å². The van der Waals surface area contributed by atoms with Crippen molar-refractivity contribution in [3.63, 3.8) is 0 Å². The Balaban J connectivity index is 0.00000220. The highest BCUT2D eigenvalue weighted by molar-refractivity contribution is 5.99. The molecule has 1 heterocycles. The Labute approximate surface area is 130 Å². The van der Waals surface area contributed by atoms with Crippen LogP contribution in [0.15, 0.2) is 23.8 Å². The highest BCUT2D eigenvalue weighted by atomic mass is 35.5. The Kier molecular flexibility index (Phi) is 5.63. The van der Waals surface area contributed by atoms with Gasteiger partial charge in [0, 0.05) is 17.6 Å². The van der Waals surface area contributed by atoms with Gasteiger partial charge in [0.05, 0.1) is 12.7 Å². The number of hydrogen-bond acceptors (Lipinski definition) is 4. The van der Waals surface area contributed by atoms with Crippen LogP contribution in [-0.4, -0.2) is 31.7 Å². The fourth-order valence-electron chi connectivity index (χ4n) is 1.91. The van der Waals surface area contributed by atoms with Crippen molar-refractivity contribution in [3.05, 3.63) is 29.3 Å². The highest BCUT2D eigenvalue weighted by Gasteiger charge is 2.24. The molecule has 1 amide bonds. The number of benzene rings is 1. The number of fused-ring (bicyclic) bond motifs is 1. The zero-order valence-corrected chi connectivity index (χ0v) is 13.3. The first-order chi connectivity index (χ1) is 9.46. The Morgan fingerprint density at radius 1 is 1.48 bits per heavy atom. The standard InChI is InChI=1S/C15H20N2O3.ClH/c1-15(2,9-16)17-14(18)11-7-10-5-4-6-12(19-3)13(10)20-8-11;/h4-7H,8-9,16H2,1-3H3,(H,17,18);1H. The van der Waals surface area contributed by atoms with Crippen molar-refractivity contribution in [2.75, 3.05) is 20.3 Å². The van der Waals surface area contributed by atoms with Crippen molar-refractivity contribution in [2.24, 2.45) is 5.73 Å². The highest BCUT2D eigenvalue weighted by Crippen LogP contribution is 2.35. The number of halogens is 1. The lowest BCUT2D eigenvalue weighted by molar-refractivity contribution is -0.119. The molecule has 0 radical (unpaired) electrons. The summed E-state index contributed by atoms with van der Waals surface area (Å²) in [7, 11) is 1.59. The molecule has 0 spiro atoms. The van der Waals surface area contributed by atoms with E-state index in [1.54, 1.807) is 7.11 Å². The molecule has 0 aliphatic carbocycles. The van der Waals surface area contributed by atoms with Crippen molar-refractivity contribution < 1.29 is 14.3 Å². The minimum atomic E-state index is -0.438. The Morgan fingerprint density at radius 3 is 2.81 bits per heavy atom. The van der Waals surface area contributed by atoms with Gasteiger partial charge in [0.1, 0.15) is 6.61 Å². The predicted molar refractivity (Wildman–Crippen MR) is 85.0 cm³/mol. The molecular weight excluding hydrogens is 292 g/mol. The van der Waals surface area contributed by atoms with Crippen LogP contribution < -0.4 is 20.5 Å². The van der Waals surface area contributed by atoms with E-state index in [4.69, 9.17) is 15.2 Å². The molecule has 6 heteroatoms. The lowest BCUT2D eigenvalue weighted by atomic mass is 10.0. The molecule has 0 saturated heterocycles. The van der Waals surface area contributed by atoms with E-state index in [0.717, 1.165) is 5.56 Å². The Morgan fingerprint density at radius 2 is 2.19 bits per heavy atom. The largest absolute Gasteiger partial charge is 0.493 e. The van der Waals surface area contributed by atoms with E-state index in [1.165, 1.54) is 0 Å². The fourth-order valence-corrected chi connectivity index (χ4v) is 1.91. The van der Waals surface area contributed by atoms with E-state index in [9.17, 15) is 4.79 Å². The first-order valence-corrected chi connectivity index (χ1v) is 6.50. The van der Waals surface area contributed by atoms with Gasteiger partial charge >= 0.3 is 0 Å². The van der Waals surface area contributed by atoms with Crippen molar-refractivity contribution >= 4 is 24.4 Å². The van der Waals surface area contributed by atoms with Crippen LogP contribution in [0.5, 0.6) is 11.5 Å². The van der Waals surface area contributed by atoms with Crippen molar-refractivity contribution in [2.45, 2.75) is 19.4 Å². The summed E-state index contributed by atoms with van der Waals surface area (Å²) in [5.74, 6) is 1.18. The van der Waals surface area contributed by atoms with Gasteiger partial charge in [-0.15, -0.1) is 12.4 Å². The number of carbonyl (C=O) groups excluding carboxylic acids is 1. The first-order valence-electron chi connectivity index (χ1n) is 6.50. The predicted octanol–water partition coefficient (Wildman–Crippen LogP) is 1.75. The van der Waals surface area contributed by atoms with Crippen LogP contribution in [0, 0.1) is 0 Å². The Bertz CT molecular complexity index is 556. The number of hydrogen-bond donors (Lipinski definition) is 2. The minimum absolute atomic E-state index is 0. The zero-order valence-electron chi connectivity index (χ0n) is 12.4. The maximum Gasteiger partial charge on any atom is 0.251 e. The molecule has 2 rings (SSSR count). The lowest BCUT2D eigenvalue weighted by Gasteiger charge is -2.26. The smallest absolute Gasteiger partial charge is 0.251 e. The number of carbonyl (C=O) groups is 1. The van der Waals surface area contributed by atoms with Crippen LogP contribution in [-0.2, 0) is 4.79 Å². The van der Waals surface area contributed by atoms with E-state index in [2.05, 4.69) is 5.32 Å². The summed E-state index contributed by atoms with van der Waals surface area (Å²) in [5, 5.41) is 2.89. The minimum Gasteiger partial charge on any atom is -0.493 e. The van der Waals surface area contributed by atoms with E-state index < -0.39 is 5.54 Å². The molecule has 0 aromatic heterocycles. The second-order valence-corrected chi connectivity index (χ2v) is 5.38. The third kappa shape index (κ3) is 3.89. The molecule has 116 valence electrons. The summed E-state index contributed by atoms with van der Waals surface area (Å²) < 4.78 is 10.9. The second-order valence-electron chi connectivity index (χ2n) is 5.38. The SMILES string of the molecule is COc1cccc2c1OCC(C(=O)NC(C)(C)CN)=C2.Cl. The molecule has 0 atom stereocenters. The maximum absolute atomic E-state index is 12.2. The molecule has 0 bridgehead atoms. The third-order valence-corrected chi connectivity index (χ3v) is 3.18. The van der Waals surface area contributed by atoms with Crippen LogP contribution in [0.1, 0.15) is 19.4 Å². The van der Waals surface area contributed by atoms with Crippen LogP contribution in [0.4, 0.5) is 0 Å². The molecule has 1 aromatic carbocycles. The van der Waals surface area contributed by atoms with E-state index in [0.29, 0.717) is 23.6 Å². The van der Waals surface area contributed by atoms with Gasteiger partial charge in [0.2, 0.25) is 0 Å². The summed E-state index contributed by atoms with van der Waals surface area (Å²) in [6.07, 6.45) is 1.82. The number of methoxy groups -OCH3 is 1. The zero-order chi connectivity index (χ0) is 14.8. The molecular formula is C15H21ClN2O3. The molecule has 0 saturated carbocycles. The lowest BCUT2D eigenvalue weighted by Crippen LogP contribution is -2.49. The van der Waals surface area contributed by atoms with Crippen molar-refractivity contribution in [1.82, 2.24) is 5.32 Å². The molecule has 0 unspecified atom stereocenters. The van der Waals surface area contributed by atoms with Gasteiger partial charge in [0.15, 0.2) is 11.5 Å². The van der Waals surface area contributed by atoms with E-state index >= 15 is 0 Å². The van der Waals surface area contributed by atoms with Gasteiger partial charge < -0.3 is 20.5 Å². The average molecular weight is 313 g/mol. The number of nitrogens with one attached hydrogen (secondary N) is 1. The van der Waals surface area contributed by atoms with Gasteiger partial charge in [-0.3, -0.25) is 4.79 Å². The summed E-state index contributed by atoms with van der Waals surface area (Å²) >= 11 is 0. The normalized spacial score (nSPS) is 13.2. The van der Waals surface area contributed by atoms with Gasteiger partial charge in [-0.2, -0.15) is 0 Å². The van der Waals surface area contributed by atoms with E-state index in [1.807, 2.05) is 38.1 Å². The van der Waals surface area contributed by atoms with Crippen LogP contribution in [0.2, 0.25) is 0 Å². The number of rotatable bonds is 4. The first kappa shape index (κ1) is 17.3.